The summed E-state index contributed by atoms with van der Waals surface area (Å²) in [6.07, 6.45) is -1.95. The van der Waals surface area contributed by atoms with Crippen LogP contribution in [0.5, 0.6) is 0 Å². The number of hydrogen-bond donors (Lipinski definition) is 2. The number of benzene rings is 1. The first kappa shape index (κ1) is 26.0. The highest BCUT2D eigenvalue weighted by atomic mass is 16.6. The Bertz CT molecular complexity index is 799. The van der Waals surface area contributed by atoms with Gasteiger partial charge in [0.15, 0.2) is 0 Å². The smallest absolute Gasteiger partial charge is 0.339 e. The number of methoxy groups -OCH3 is 2. The number of aliphatic hydroxyl groups excluding tert-OH is 2. The Balaban J connectivity index is 3.50. The summed E-state index contributed by atoms with van der Waals surface area (Å²) in [6, 6.07) is 1.90. The number of hydrogen-bond acceptors (Lipinski definition) is 11. The third-order valence-corrected chi connectivity index (χ3v) is 3.65. The standard InChI is InChI=1S/C20H26O11/c1-11(21)9-30-19(25)14-8-15(18(24)29-6-5-27-3)16(7-13(14)17(23)28-4)20(26)31-10-12(2)22/h7-8,11-12,21-22H,5-6,9-10H2,1-4H3. The summed E-state index contributed by atoms with van der Waals surface area (Å²) < 4.78 is 24.3. The molecule has 2 N–H and O–H groups in total. The minimum atomic E-state index is -1.03. The van der Waals surface area contributed by atoms with Crippen LogP contribution in [0, 0.1) is 0 Å². The molecule has 11 nitrogen and oxygen atoms in total. The Kier molecular flexibility index (Phi) is 10.6. The molecule has 1 aromatic rings. The average molecular weight is 442 g/mol. The van der Waals surface area contributed by atoms with Crippen LogP contribution in [0.1, 0.15) is 55.3 Å². The molecule has 172 valence electrons. The number of esters is 4. The van der Waals surface area contributed by atoms with Gasteiger partial charge in [-0.15, -0.1) is 0 Å². The third-order valence-electron chi connectivity index (χ3n) is 3.65. The van der Waals surface area contributed by atoms with Crippen LogP contribution in [0.15, 0.2) is 12.1 Å². The molecule has 11 heteroatoms. The molecule has 2 atom stereocenters. The molecule has 31 heavy (non-hydrogen) atoms. The number of carbonyl (C=O) groups excluding carboxylic acids is 4. The second-order valence-corrected chi connectivity index (χ2v) is 6.46. The summed E-state index contributed by atoms with van der Waals surface area (Å²) in [4.78, 5) is 49.7. The Morgan fingerprint density at radius 1 is 0.710 bits per heavy atom. The molecule has 0 aliphatic rings. The summed E-state index contributed by atoms with van der Waals surface area (Å²) in [5, 5.41) is 18.7. The molecule has 1 aromatic carbocycles. The summed E-state index contributed by atoms with van der Waals surface area (Å²) in [7, 11) is 2.46. The maximum absolute atomic E-state index is 12.5. The molecule has 0 spiro atoms. The first-order valence-corrected chi connectivity index (χ1v) is 9.25. The van der Waals surface area contributed by atoms with E-state index in [1.807, 2.05) is 0 Å². The first-order valence-electron chi connectivity index (χ1n) is 9.25. The molecule has 0 fully saturated rings. The van der Waals surface area contributed by atoms with Gasteiger partial charge in [0.25, 0.3) is 0 Å². The van der Waals surface area contributed by atoms with Gasteiger partial charge < -0.3 is 33.9 Å². The van der Waals surface area contributed by atoms with Crippen molar-refractivity contribution in [1.29, 1.82) is 0 Å². The predicted molar refractivity (Wildman–Crippen MR) is 104 cm³/mol. The van der Waals surface area contributed by atoms with Gasteiger partial charge in [0.1, 0.15) is 19.8 Å². The highest BCUT2D eigenvalue weighted by Gasteiger charge is 2.28. The lowest BCUT2D eigenvalue weighted by Crippen LogP contribution is -2.23. The van der Waals surface area contributed by atoms with Gasteiger partial charge in [-0.25, -0.2) is 19.2 Å². The van der Waals surface area contributed by atoms with Gasteiger partial charge in [0, 0.05) is 7.11 Å². The van der Waals surface area contributed by atoms with Gasteiger partial charge in [-0.05, 0) is 26.0 Å². The quantitative estimate of drug-likeness (QED) is 0.277. The van der Waals surface area contributed by atoms with Gasteiger partial charge in [-0.2, -0.15) is 0 Å². The molecule has 0 amide bonds. The van der Waals surface area contributed by atoms with E-state index in [-0.39, 0.29) is 48.7 Å². The molecule has 0 aromatic heterocycles. The van der Waals surface area contributed by atoms with Crippen molar-refractivity contribution in [1.82, 2.24) is 0 Å². The van der Waals surface area contributed by atoms with Gasteiger partial charge in [0.2, 0.25) is 0 Å². The summed E-state index contributed by atoms with van der Waals surface area (Å²) in [5.41, 5.74) is -1.49. The number of carbonyl (C=O) groups is 4. The van der Waals surface area contributed by atoms with E-state index in [1.165, 1.54) is 21.0 Å². The van der Waals surface area contributed by atoms with Crippen LogP contribution in [0.2, 0.25) is 0 Å². The van der Waals surface area contributed by atoms with E-state index < -0.39 is 36.1 Å². The number of ether oxygens (including phenoxy) is 5. The number of aliphatic hydroxyl groups is 2. The average Bonchev–Trinajstić information content (AvgIpc) is 2.74. The fourth-order valence-electron chi connectivity index (χ4n) is 2.23. The van der Waals surface area contributed by atoms with Crippen molar-refractivity contribution >= 4 is 23.9 Å². The van der Waals surface area contributed by atoms with Crippen LogP contribution in [-0.2, 0) is 23.7 Å². The van der Waals surface area contributed by atoms with Crippen LogP contribution in [-0.4, -0.2) is 86.9 Å². The van der Waals surface area contributed by atoms with E-state index in [1.54, 1.807) is 0 Å². The van der Waals surface area contributed by atoms with Gasteiger partial charge >= 0.3 is 23.9 Å². The second kappa shape index (κ2) is 12.6. The van der Waals surface area contributed by atoms with E-state index in [0.717, 1.165) is 19.2 Å². The molecule has 0 saturated heterocycles. The fraction of sp³-hybridized carbons (Fsp3) is 0.500. The van der Waals surface area contributed by atoms with Crippen molar-refractivity contribution in [2.75, 3.05) is 40.6 Å². The molecular weight excluding hydrogens is 416 g/mol. The second-order valence-electron chi connectivity index (χ2n) is 6.46. The molecule has 0 radical (unpaired) electrons. The lowest BCUT2D eigenvalue weighted by atomic mass is 9.98. The molecular formula is C20H26O11. The van der Waals surface area contributed by atoms with E-state index in [2.05, 4.69) is 4.74 Å². The fourth-order valence-corrected chi connectivity index (χ4v) is 2.23. The van der Waals surface area contributed by atoms with Crippen molar-refractivity contribution in [3.05, 3.63) is 34.4 Å². The third kappa shape index (κ3) is 7.96. The van der Waals surface area contributed by atoms with Crippen LogP contribution >= 0.6 is 0 Å². The van der Waals surface area contributed by atoms with Crippen LogP contribution in [0.25, 0.3) is 0 Å². The van der Waals surface area contributed by atoms with E-state index in [4.69, 9.17) is 18.9 Å². The van der Waals surface area contributed by atoms with Gasteiger partial charge in [0.05, 0.1) is 48.2 Å². The SMILES string of the molecule is COCCOC(=O)c1cc(C(=O)OCC(C)O)c(C(=O)OC)cc1C(=O)OCC(C)O. The maximum Gasteiger partial charge on any atom is 0.339 e. The predicted octanol–water partition coefficient (Wildman–Crippen LogP) is 0.352. The lowest BCUT2D eigenvalue weighted by molar-refractivity contribution is 0.0274. The summed E-state index contributed by atoms with van der Waals surface area (Å²) in [5.74, 6) is -4.03. The van der Waals surface area contributed by atoms with Crippen molar-refractivity contribution < 1.29 is 53.1 Å². The van der Waals surface area contributed by atoms with Crippen molar-refractivity contribution in [2.24, 2.45) is 0 Å². The Morgan fingerprint density at radius 2 is 1.10 bits per heavy atom. The number of rotatable bonds is 11. The largest absolute Gasteiger partial charge is 0.465 e. The molecule has 0 bridgehead atoms. The zero-order valence-corrected chi connectivity index (χ0v) is 17.7. The summed E-state index contributed by atoms with van der Waals surface area (Å²) in [6.45, 7) is 1.96. The lowest BCUT2D eigenvalue weighted by Gasteiger charge is -2.15. The topological polar surface area (TPSA) is 155 Å². The first-order chi connectivity index (χ1) is 14.6. The molecule has 0 aliphatic heterocycles. The Hall–Kier alpha value is -3.02. The van der Waals surface area contributed by atoms with E-state index >= 15 is 0 Å². The summed E-state index contributed by atoms with van der Waals surface area (Å²) >= 11 is 0. The maximum atomic E-state index is 12.5. The van der Waals surface area contributed by atoms with Gasteiger partial charge in [-0.3, -0.25) is 0 Å². The van der Waals surface area contributed by atoms with Gasteiger partial charge in [-0.1, -0.05) is 0 Å². The Labute approximate surface area is 178 Å². The Morgan fingerprint density at radius 3 is 1.45 bits per heavy atom. The molecule has 1 rings (SSSR count). The minimum Gasteiger partial charge on any atom is -0.465 e. The monoisotopic (exact) mass is 442 g/mol. The zero-order valence-electron chi connectivity index (χ0n) is 17.7. The molecule has 2 unspecified atom stereocenters. The normalized spacial score (nSPS) is 12.5. The highest BCUT2D eigenvalue weighted by Crippen LogP contribution is 2.22. The molecule has 0 aliphatic carbocycles. The zero-order chi connectivity index (χ0) is 23.6. The minimum absolute atomic E-state index is 0.0804. The van der Waals surface area contributed by atoms with Crippen molar-refractivity contribution in [3.8, 4) is 0 Å². The van der Waals surface area contributed by atoms with Crippen molar-refractivity contribution in [3.63, 3.8) is 0 Å². The highest BCUT2D eigenvalue weighted by molar-refractivity contribution is 6.10. The van der Waals surface area contributed by atoms with E-state index in [0.29, 0.717) is 0 Å². The van der Waals surface area contributed by atoms with E-state index in [9.17, 15) is 29.4 Å². The van der Waals surface area contributed by atoms with Crippen LogP contribution < -0.4 is 0 Å². The van der Waals surface area contributed by atoms with Crippen molar-refractivity contribution in [2.45, 2.75) is 26.1 Å². The van der Waals surface area contributed by atoms with Crippen LogP contribution in [0.4, 0.5) is 0 Å². The molecule has 0 heterocycles. The molecule has 0 saturated carbocycles. The van der Waals surface area contributed by atoms with Crippen LogP contribution in [0.3, 0.4) is 0 Å².